The lowest BCUT2D eigenvalue weighted by atomic mass is 10.1. The Kier molecular flexibility index (Phi) is 7.12. The molecule has 2 rings (SSSR count). The molecule has 25 heavy (non-hydrogen) atoms. The largest absolute Gasteiger partial charge is 0.435 e. The van der Waals surface area contributed by atoms with E-state index in [1.165, 1.54) is 18.2 Å². The highest BCUT2D eigenvalue weighted by Gasteiger charge is 2.08. The summed E-state index contributed by atoms with van der Waals surface area (Å²) in [6.07, 6.45) is 0.510. The number of hydrogen-bond donors (Lipinski definition) is 1. The highest BCUT2D eigenvalue weighted by molar-refractivity contribution is 8.00. The molecule has 0 aliphatic carbocycles. The van der Waals surface area contributed by atoms with Gasteiger partial charge in [-0.25, -0.2) is 8.78 Å². The van der Waals surface area contributed by atoms with Crippen molar-refractivity contribution in [3.8, 4) is 5.75 Å². The maximum atomic E-state index is 13.4. The van der Waals surface area contributed by atoms with Gasteiger partial charge in [-0.1, -0.05) is 12.1 Å². The van der Waals surface area contributed by atoms with Crippen LogP contribution < -0.4 is 10.1 Å². The van der Waals surface area contributed by atoms with Crippen LogP contribution in [0.2, 0.25) is 0 Å². The van der Waals surface area contributed by atoms with Crippen LogP contribution in [0, 0.1) is 11.6 Å². The van der Waals surface area contributed by atoms with Gasteiger partial charge in [0.05, 0.1) is 5.75 Å². The van der Waals surface area contributed by atoms with Crippen molar-refractivity contribution in [3.05, 3.63) is 59.7 Å². The zero-order valence-electron chi connectivity index (χ0n) is 13.0. The maximum absolute atomic E-state index is 13.4. The van der Waals surface area contributed by atoms with Crippen LogP contribution >= 0.6 is 11.8 Å². The predicted molar refractivity (Wildman–Crippen MR) is 86.9 cm³/mol. The van der Waals surface area contributed by atoms with Crippen molar-refractivity contribution in [2.75, 3.05) is 12.3 Å². The van der Waals surface area contributed by atoms with Crippen LogP contribution in [0.1, 0.15) is 5.56 Å². The number of amides is 1. The number of ether oxygens (including phenoxy) is 1. The number of alkyl halides is 2. The van der Waals surface area contributed by atoms with E-state index in [1.54, 1.807) is 12.1 Å². The zero-order chi connectivity index (χ0) is 18.2. The van der Waals surface area contributed by atoms with Crippen molar-refractivity contribution in [1.29, 1.82) is 0 Å². The molecule has 134 valence electrons. The lowest BCUT2D eigenvalue weighted by molar-refractivity contribution is -0.118. The minimum absolute atomic E-state index is 0.00369. The van der Waals surface area contributed by atoms with Gasteiger partial charge >= 0.3 is 6.61 Å². The van der Waals surface area contributed by atoms with Crippen molar-refractivity contribution >= 4 is 17.7 Å². The number of nitrogens with one attached hydrogen (secondary N) is 1. The number of thioether (sulfide) groups is 1. The molecular weight excluding hydrogens is 358 g/mol. The van der Waals surface area contributed by atoms with E-state index in [4.69, 9.17) is 0 Å². The minimum Gasteiger partial charge on any atom is -0.435 e. The molecule has 0 heterocycles. The van der Waals surface area contributed by atoms with Crippen molar-refractivity contribution in [3.63, 3.8) is 0 Å². The Morgan fingerprint density at radius 3 is 2.48 bits per heavy atom. The second kappa shape index (κ2) is 9.31. The number of halogens is 4. The molecule has 0 aliphatic rings. The van der Waals surface area contributed by atoms with E-state index in [0.29, 0.717) is 13.0 Å². The number of benzene rings is 2. The van der Waals surface area contributed by atoms with Gasteiger partial charge in [-0.2, -0.15) is 8.78 Å². The van der Waals surface area contributed by atoms with E-state index in [0.717, 1.165) is 29.5 Å². The van der Waals surface area contributed by atoms with Gasteiger partial charge in [-0.15, -0.1) is 11.8 Å². The van der Waals surface area contributed by atoms with Crippen LogP contribution in [0.15, 0.2) is 47.4 Å². The average molecular weight is 373 g/mol. The van der Waals surface area contributed by atoms with Gasteiger partial charge in [0.15, 0.2) is 0 Å². The first kappa shape index (κ1) is 19.1. The maximum Gasteiger partial charge on any atom is 0.387 e. The van der Waals surface area contributed by atoms with Crippen LogP contribution in [-0.2, 0) is 11.2 Å². The third-order valence-electron chi connectivity index (χ3n) is 3.14. The molecule has 2 aromatic rings. The van der Waals surface area contributed by atoms with Crippen molar-refractivity contribution in [2.45, 2.75) is 17.9 Å². The summed E-state index contributed by atoms with van der Waals surface area (Å²) >= 11 is 0.976. The average Bonchev–Trinajstić information content (AvgIpc) is 2.55. The number of carbonyl (C=O) groups is 1. The van der Waals surface area contributed by atoms with Gasteiger partial charge in [-0.3, -0.25) is 4.79 Å². The lowest BCUT2D eigenvalue weighted by Gasteiger charge is -2.07. The lowest BCUT2D eigenvalue weighted by Crippen LogP contribution is -2.27. The van der Waals surface area contributed by atoms with Crippen molar-refractivity contribution in [1.82, 2.24) is 5.32 Å². The van der Waals surface area contributed by atoms with Gasteiger partial charge < -0.3 is 10.1 Å². The standard InChI is InChI=1S/C17H15F4NO2S/c18-12-3-6-15(14(19)9-12)25-10-16(23)22-8-7-11-1-4-13(5-2-11)24-17(20)21/h1-6,9,17H,7-8,10H2,(H,22,23). The quantitative estimate of drug-likeness (QED) is 0.561. The van der Waals surface area contributed by atoms with Gasteiger partial charge in [0.2, 0.25) is 5.91 Å². The summed E-state index contributed by atoms with van der Waals surface area (Å²) in [5.74, 6) is -1.59. The number of hydrogen-bond acceptors (Lipinski definition) is 3. The van der Waals surface area contributed by atoms with Crippen molar-refractivity contribution < 1.29 is 27.1 Å². The normalized spacial score (nSPS) is 10.8. The highest BCUT2D eigenvalue weighted by Crippen LogP contribution is 2.22. The first-order chi connectivity index (χ1) is 11.9. The second-order valence-corrected chi connectivity index (χ2v) is 6.00. The van der Waals surface area contributed by atoms with E-state index >= 15 is 0 Å². The van der Waals surface area contributed by atoms with Crippen LogP contribution in [0.3, 0.4) is 0 Å². The van der Waals surface area contributed by atoms with Gasteiger partial charge in [0, 0.05) is 17.5 Å². The smallest absolute Gasteiger partial charge is 0.387 e. The molecule has 0 atom stereocenters. The fourth-order valence-electron chi connectivity index (χ4n) is 1.97. The molecule has 8 heteroatoms. The second-order valence-electron chi connectivity index (χ2n) is 4.99. The molecule has 1 N–H and O–H groups in total. The molecule has 0 bridgehead atoms. The van der Waals surface area contributed by atoms with Gasteiger partial charge in [-0.05, 0) is 36.2 Å². The highest BCUT2D eigenvalue weighted by atomic mass is 32.2. The Balaban J connectivity index is 1.71. The van der Waals surface area contributed by atoms with E-state index in [2.05, 4.69) is 10.1 Å². The molecule has 0 fully saturated rings. The van der Waals surface area contributed by atoms with Crippen LogP contribution in [-0.4, -0.2) is 24.8 Å². The molecule has 3 nitrogen and oxygen atoms in total. The Morgan fingerprint density at radius 1 is 1.12 bits per heavy atom. The monoisotopic (exact) mass is 373 g/mol. The van der Waals surface area contributed by atoms with Crippen LogP contribution in [0.4, 0.5) is 17.6 Å². The third kappa shape index (κ3) is 6.66. The molecule has 0 saturated heterocycles. The van der Waals surface area contributed by atoms with E-state index < -0.39 is 18.2 Å². The fourth-order valence-corrected chi connectivity index (χ4v) is 2.72. The first-order valence-electron chi connectivity index (χ1n) is 7.32. The molecule has 2 aromatic carbocycles. The van der Waals surface area contributed by atoms with E-state index in [9.17, 15) is 22.4 Å². The Labute approximate surface area is 146 Å². The van der Waals surface area contributed by atoms with Crippen molar-refractivity contribution in [2.24, 2.45) is 0 Å². The Morgan fingerprint density at radius 2 is 1.84 bits per heavy atom. The summed E-state index contributed by atoms with van der Waals surface area (Å²) in [4.78, 5) is 11.9. The Hall–Kier alpha value is -2.22. The van der Waals surface area contributed by atoms with Gasteiger partial charge in [0.1, 0.15) is 17.4 Å². The molecule has 1 amide bonds. The summed E-state index contributed by atoms with van der Waals surface area (Å²) in [6, 6.07) is 9.30. The summed E-state index contributed by atoms with van der Waals surface area (Å²) in [5.41, 5.74) is 0.846. The summed E-state index contributed by atoms with van der Waals surface area (Å²) in [7, 11) is 0. The number of carbonyl (C=O) groups excluding carboxylic acids is 1. The van der Waals surface area contributed by atoms with Crippen LogP contribution in [0.5, 0.6) is 5.75 Å². The molecule has 0 aliphatic heterocycles. The molecular formula is C17H15F4NO2S. The van der Waals surface area contributed by atoms with Gasteiger partial charge in [0.25, 0.3) is 0 Å². The molecule has 0 unspecified atom stereocenters. The third-order valence-corrected chi connectivity index (χ3v) is 4.19. The first-order valence-corrected chi connectivity index (χ1v) is 8.31. The zero-order valence-corrected chi connectivity index (χ0v) is 13.8. The molecule has 0 aromatic heterocycles. The van der Waals surface area contributed by atoms with E-state index in [1.807, 2.05) is 0 Å². The molecule has 0 radical (unpaired) electrons. The topological polar surface area (TPSA) is 38.3 Å². The minimum atomic E-state index is -2.87. The number of rotatable bonds is 8. The summed E-state index contributed by atoms with van der Waals surface area (Å²) < 4.78 is 54.5. The predicted octanol–water partition coefficient (Wildman–Crippen LogP) is 4.02. The fraction of sp³-hybridized carbons (Fsp3) is 0.235. The molecule has 0 saturated carbocycles. The Bertz CT molecular complexity index is 710. The summed E-state index contributed by atoms with van der Waals surface area (Å²) in [5, 5.41) is 2.67. The van der Waals surface area contributed by atoms with E-state index in [-0.39, 0.29) is 22.3 Å². The molecule has 0 spiro atoms. The van der Waals surface area contributed by atoms with Crippen LogP contribution in [0.25, 0.3) is 0 Å². The SMILES string of the molecule is O=C(CSc1ccc(F)cc1F)NCCc1ccc(OC(F)F)cc1. The summed E-state index contributed by atoms with van der Waals surface area (Å²) in [6.45, 7) is -2.52.